The molecular weight excluding hydrogens is 315 g/mol. The molecule has 0 unspecified atom stereocenters. The van der Waals surface area contributed by atoms with Gasteiger partial charge >= 0.3 is 6.01 Å². The molecular formula is C12H14Cl2N6O. The van der Waals surface area contributed by atoms with Gasteiger partial charge in [-0.15, -0.1) is 0 Å². The van der Waals surface area contributed by atoms with E-state index in [1.165, 1.54) is 0 Å². The van der Waals surface area contributed by atoms with Gasteiger partial charge in [0, 0.05) is 0 Å². The fourth-order valence-electron chi connectivity index (χ4n) is 1.46. The van der Waals surface area contributed by atoms with Crippen LogP contribution in [0.15, 0.2) is 18.2 Å². The van der Waals surface area contributed by atoms with Crippen LogP contribution in [-0.2, 0) is 0 Å². The molecule has 0 atom stereocenters. The first-order valence-electron chi connectivity index (χ1n) is 6.20. The van der Waals surface area contributed by atoms with Crippen molar-refractivity contribution in [3.8, 4) is 6.01 Å². The Morgan fingerprint density at radius 1 is 1.14 bits per heavy atom. The average molecular weight is 329 g/mol. The second-order valence-corrected chi connectivity index (χ2v) is 4.79. The molecule has 1 heterocycles. The molecule has 0 saturated carbocycles. The molecule has 0 aliphatic heterocycles. The van der Waals surface area contributed by atoms with Crippen molar-refractivity contribution < 1.29 is 4.74 Å². The van der Waals surface area contributed by atoms with Crippen molar-refractivity contribution >= 4 is 40.8 Å². The normalized spacial score (nSPS) is 10.3. The van der Waals surface area contributed by atoms with Crippen LogP contribution < -0.4 is 21.3 Å². The Hall–Kier alpha value is -1.83. The van der Waals surface area contributed by atoms with Gasteiger partial charge < -0.3 is 10.1 Å². The van der Waals surface area contributed by atoms with Crippen molar-refractivity contribution in [2.75, 3.05) is 17.3 Å². The number of hydrazine groups is 1. The minimum absolute atomic E-state index is 0.158. The smallest absolute Gasteiger partial charge is 0.323 e. The van der Waals surface area contributed by atoms with E-state index in [0.29, 0.717) is 22.3 Å². The molecule has 0 radical (unpaired) electrons. The second-order valence-electron chi connectivity index (χ2n) is 3.98. The molecule has 0 fully saturated rings. The monoisotopic (exact) mass is 328 g/mol. The Labute approximate surface area is 131 Å². The standard InChI is InChI=1S/C12H14Cl2N6O/c1-2-6-21-12-18-10(17-11(19-12)20-15)16-9-7(13)4-3-5-8(9)14/h3-5H,2,6,15H2,1H3,(H2,16,17,18,19,20). The predicted octanol–water partition coefficient (Wildman–Crippen LogP) is 3.00. The quantitative estimate of drug-likeness (QED) is 0.553. The zero-order valence-electron chi connectivity index (χ0n) is 11.2. The topological polar surface area (TPSA) is 98.0 Å². The lowest BCUT2D eigenvalue weighted by atomic mass is 10.3. The van der Waals surface area contributed by atoms with Gasteiger partial charge in [0.15, 0.2) is 0 Å². The second kappa shape index (κ2) is 7.26. The number of ether oxygens (including phenoxy) is 1. The fraction of sp³-hybridized carbons (Fsp3) is 0.250. The summed E-state index contributed by atoms with van der Waals surface area (Å²) >= 11 is 12.2. The molecule has 21 heavy (non-hydrogen) atoms. The van der Waals surface area contributed by atoms with Crippen molar-refractivity contribution in [2.24, 2.45) is 5.84 Å². The summed E-state index contributed by atoms with van der Waals surface area (Å²) in [5, 5.41) is 3.82. The highest BCUT2D eigenvalue weighted by atomic mass is 35.5. The van der Waals surface area contributed by atoms with Gasteiger partial charge in [-0.1, -0.05) is 36.2 Å². The summed E-state index contributed by atoms with van der Waals surface area (Å²) in [5.74, 6) is 5.72. The first kappa shape index (κ1) is 15.6. The van der Waals surface area contributed by atoms with E-state index in [2.05, 4.69) is 25.7 Å². The van der Waals surface area contributed by atoms with Crippen LogP contribution in [0.2, 0.25) is 10.0 Å². The molecule has 0 aliphatic rings. The Bertz CT molecular complexity index is 604. The molecule has 0 saturated heterocycles. The summed E-state index contributed by atoms with van der Waals surface area (Å²) in [4.78, 5) is 12.2. The van der Waals surface area contributed by atoms with E-state index in [4.69, 9.17) is 33.8 Å². The Kier molecular flexibility index (Phi) is 5.38. The molecule has 1 aromatic carbocycles. The summed E-state index contributed by atoms with van der Waals surface area (Å²) in [7, 11) is 0. The first-order valence-corrected chi connectivity index (χ1v) is 6.96. The van der Waals surface area contributed by atoms with Crippen LogP contribution in [0.4, 0.5) is 17.6 Å². The summed E-state index contributed by atoms with van der Waals surface area (Å²) in [6.07, 6.45) is 0.830. The minimum Gasteiger partial charge on any atom is -0.463 e. The number of nitrogens with zero attached hydrogens (tertiary/aromatic N) is 3. The molecule has 9 heteroatoms. The largest absolute Gasteiger partial charge is 0.463 e. The Morgan fingerprint density at radius 2 is 1.81 bits per heavy atom. The zero-order valence-corrected chi connectivity index (χ0v) is 12.7. The summed E-state index contributed by atoms with van der Waals surface area (Å²) in [6.45, 7) is 2.46. The van der Waals surface area contributed by atoms with Gasteiger partial charge in [0.1, 0.15) is 0 Å². The van der Waals surface area contributed by atoms with Gasteiger partial charge in [0.25, 0.3) is 0 Å². The molecule has 0 bridgehead atoms. The molecule has 2 aromatic rings. The average Bonchev–Trinajstić information content (AvgIpc) is 2.49. The lowest BCUT2D eigenvalue weighted by Crippen LogP contribution is -2.14. The Morgan fingerprint density at radius 3 is 2.43 bits per heavy atom. The molecule has 4 N–H and O–H groups in total. The summed E-state index contributed by atoms with van der Waals surface area (Å²) in [6, 6.07) is 5.30. The van der Waals surface area contributed by atoms with Crippen LogP contribution in [-0.4, -0.2) is 21.6 Å². The zero-order chi connectivity index (χ0) is 15.2. The highest BCUT2D eigenvalue weighted by Crippen LogP contribution is 2.31. The van der Waals surface area contributed by atoms with Gasteiger partial charge in [-0.3, -0.25) is 5.43 Å². The van der Waals surface area contributed by atoms with Crippen LogP contribution in [0.5, 0.6) is 6.01 Å². The molecule has 112 valence electrons. The number of nitrogen functional groups attached to an aromatic ring is 1. The van der Waals surface area contributed by atoms with E-state index >= 15 is 0 Å². The summed E-state index contributed by atoms with van der Waals surface area (Å²) in [5.41, 5.74) is 2.85. The van der Waals surface area contributed by atoms with Gasteiger partial charge in [-0.05, 0) is 18.6 Å². The van der Waals surface area contributed by atoms with Crippen LogP contribution >= 0.6 is 23.2 Å². The molecule has 7 nitrogen and oxygen atoms in total. The molecule has 0 amide bonds. The van der Waals surface area contributed by atoms with Gasteiger partial charge in [-0.25, -0.2) is 5.84 Å². The van der Waals surface area contributed by atoms with Crippen molar-refractivity contribution in [3.05, 3.63) is 28.2 Å². The van der Waals surface area contributed by atoms with E-state index in [-0.39, 0.29) is 17.9 Å². The number of benzene rings is 1. The van der Waals surface area contributed by atoms with Gasteiger partial charge in [-0.2, -0.15) is 15.0 Å². The predicted molar refractivity (Wildman–Crippen MR) is 83.2 cm³/mol. The number of hydrogen-bond acceptors (Lipinski definition) is 7. The summed E-state index contributed by atoms with van der Waals surface area (Å²) < 4.78 is 5.37. The fourth-order valence-corrected chi connectivity index (χ4v) is 1.96. The van der Waals surface area contributed by atoms with Gasteiger partial charge in [0.05, 0.1) is 22.3 Å². The molecule has 0 spiro atoms. The van der Waals surface area contributed by atoms with Crippen LogP contribution in [0, 0.1) is 0 Å². The highest BCUT2D eigenvalue weighted by Gasteiger charge is 2.11. The number of aromatic nitrogens is 3. The number of nitrogens with two attached hydrogens (primary N) is 1. The first-order chi connectivity index (χ1) is 10.1. The highest BCUT2D eigenvalue weighted by molar-refractivity contribution is 6.39. The van der Waals surface area contributed by atoms with Crippen LogP contribution in [0.25, 0.3) is 0 Å². The van der Waals surface area contributed by atoms with Gasteiger partial charge in [0.2, 0.25) is 11.9 Å². The van der Waals surface area contributed by atoms with Crippen molar-refractivity contribution in [1.29, 1.82) is 0 Å². The van der Waals surface area contributed by atoms with E-state index in [0.717, 1.165) is 6.42 Å². The van der Waals surface area contributed by atoms with Crippen LogP contribution in [0.3, 0.4) is 0 Å². The molecule has 0 aliphatic carbocycles. The molecule has 1 aromatic heterocycles. The van der Waals surface area contributed by atoms with Crippen LogP contribution in [0.1, 0.15) is 13.3 Å². The SMILES string of the molecule is CCCOc1nc(NN)nc(Nc2c(Cl)cccc2Cl)n1. The third-order valence-electron chi connectivity index (χ3n) is 2.38. The maximum atomic E-state index is 6.09. The number of nitrogens with one attached hydrogen (secondary N) is 2. The van der Waals surface area contributed by atoms with E-state index < -0.39 is 0 Å². The Balaban J connectivity index is 2.30. The number of rotatable bonds is 6. The third kappa shape index (κ3) is 4.07. The number of para-hydroxylation sites is 1. The number of halogens is 2. The maximum Gasteiger partial charge on any atom is 0.323 e. The number of anilines is 3. The third-order valence-corrected chi connectivity index (χ3v) is 3.01. The lowest BCUT2D eigenvalue weighted by molar-refractivity contribution is 0.292. The van der Waals surface area contributed by atoms with Crippen molar-refractivity contribution in [1.82, 2.24) is 15.0 Å². The lowest BCUT2D eigenvalue weighted by Gasteiger charge is -2.11. The van der Waals surface area contributed by atoms with Crippen molar-refractivity contribution in [3.63, 3.8) is 0 Å². The maximum absolute atomic E-state index is 6.09. The molecule has 2 rings (SSSR count). The minimum atomic E-state index is 0.158. The van der Waals surface area contributed by atoms with Crippen molar-refractivity contribution in [2.45, 2.75) is 13.3 Å². The number of hydrogen-bond donors (Lipinski definition) is 3. The van der Waals surface area contributed by atoms with E-state index in [1.54, 1.807) is 18.2 Å². The van der Waals surface area contributed by atoms with E-state index in [9.17, 15) is 0 Å². The van der Waals surface area contributed by atoms with E-state index in [1.807, 2.05) is 6.92 Å².